The molecule has 0 radical (unpaired) electrons. The second-order valence-electron chi connectivity index (χ2n) is 5.39. The van der Waals surface area contributed by atoms with E-state index in [9.17, 15) is 9.59 Å². The molecule has 2 amide bonds. The number of hydrogen-bond acceptors (Lipinski definition) is 3. The Morgan fingerprint density at radius 2 is 1.95 bits per heavy atom. The molecule has 0 aliphatic rings. The molecule has 1 aromatic carbocycles. The van der Waals surface area contributed by atoms with Crippen molar-refractivity contribution in [1.82, 2.24) is 4.90 Å². The summed E-state index contributed by atoms with van der Waals surface area (Å²) in [6.45, 7) is 4.45. The van der Waals surface area contributed by atoms with Gasteiger partial charge in [-0.05, 0) is 44.0 Å². The maximum Gasteiger partial charge on any atom is 0.243 e. The van der Waals surface area contributed by atoms with Gasteiger partial charge in [0.2, 0.25) is 11.8 Å². The summed E-state index contributed by atoms with van der Waals surface area (Å²) in [6, 6.07) is 6.84. The van der Waals surface area contributed by atoms with Crippen LogP contribution in [0.25, 0.3) is 0 Å². The van der Waals surface area contributed by atoms with E-state index in [1.165, 1.54) is 0 Å². The molecule has 0 aliphatic heterocycles. The van der Waals surface area contributed by atoms with E-state index in [1.54, 1.807) is 29.2 Å². The molecule has 122 valence electrons. The van der Waals surface area contributed by atoms with Gasteiger partial charge < -0.3 is 16.0 Å². The number of benzene rings is 1. The van der Waals surface area contributed by atoms with Gasteiger partial charge in [0.15, 0.2) is 0 Å². The van der Waals surface area contributed by atoms with E-state index in [1.807, 2.05) is 13.8 Å². The number of nitrogens with two attached hydrogens (primary N) is 1. The van der Waals surface area contributed by atoms with E-state index in [4.69, 9.17) is 17.3 Å². The van der Waals surface area contributed by atoms with Crippen molar-refractivity contribution in [2.45, 2.75) is 39.2 Å². The van der Waals surface area contributed by atoms with E-state index < -0.39 is 0 Å². The number of nitrogens with zero attached hydrogens (tertiary/aromatic N) is 1. The summed E-state index contributed by atoms with van der Waals surface area (Å²) >= 11 is 5.80. The zero-order valence-corrected chi connectivity index (χ0v) is 13.9. The van der Waals surface area contributed by atoms with E-state index in [-0.39, 0.29) is 24.4 Å². The number of rotatable bonds is 8. The normalized spacial score (nSPS) is 11.8. The van der Waals surface area contributed by atoms with Crippen molar-refractivity contribution in [3.05, 3.63) is 29.3 Å². The van der Waals surface area contributed by atoms with Gasteiger partial charge in [0.25, 0.3) is 0 Å². The molecule has 1 atom stereocenters. The summed E-state index contributed by atoms with van der Waals surface area (Å²) in [5.74, 6) is -0.254. The maximum atomic E-state index is 12.1. The number of amides is 2. The zero-order valence-electron chi connectivity index (χ0n) is 13.1. The van der Waals surface area contributed by atoms with E-state index in [0.29, 0.717) is 30.1 Å². The minimum Gasteiger partial charge on any atom is -0.333 e. The van der Waals surface area contributed by atoms with E-state index >= 15 is 0 Å². The first-order chi connectivity index (χ1) is 10.4. The van der Waals surface area contributed by atoms with Gasteiger partial charge in [-0.2, -0.15) is 0 Å². The number of nitrogens with one attached hydrogen (secondary N) is 1. The molecule has 1 unspecified atom stereocenters. The molecule has 0 saturated heterocycles. The molecule has 0 spiro atoms. The molecule has 3 N–H and O–H groups in total. The molecule has 0 bridgehead atoms. The Labute approximate surface area is 136 Å². The first kappa shape index (κ1) is 18.5. The lowest BCUT2D eigenvalue weighted by molar-refractivity contribution is -0.134. The lowest BCUT2D eigenvalue weighted by Crippen LogP contribution is -2.39. The van der Waals surface area contributed by atoms with Gasteiger partial charge in [0.05, 0.1) is 6.54 Å². The van der Waals surface area contributed by atoms with Crippen LogP contribution < -0.4 is 11.1 Å². The van der Waals surface area contributed by atoms with Crippen LogP contribution in [0.2, 0.25) is 5.02 Å². The van der Waals surface area contributed by atoms with Gasteiger partial charge in [-0.1, -0.05) is 18.5 Å². The highest BCUT2D eigenvalue weighted by Gasteiger charge is 2.16. The molecule has 0 aliphatic carbocycles. The minimum atomic E-state index is -0.218. The Bertz CT molecular complexity index is 489. The molecule has 22 heavy (non-hydrogen) atoms. The Morgan fingerprint density at radius 1 is 1.32 bits per heavy atom. The van der Waals surface area contributed by atoms with Crippen LogP contribution >= 0.6 is 11.6 Å². The number of carbonyl (C=O) groups is 2. The molecule has 5 nitrogen and oxygen atoms in total. The van der Waals surface area contributed by atoms with Crippen molar-refractivity contribution < 1.29 is 9.59 Å². The third-order valence-electron chi connectivity index (χ3n) is 3.12. The topological polar surface area (TPSA) is 75.4 Å². The summed E-state index contributed by atoms with van der Waals surface area (Å²) in [5.41, 5.74) is 6.33. The van der Waals surface area contributed by atoms with Crippen LogP contribution in [0, 0.1) is 0 Å². The molecule has 1 rings (SSSR count). The monoisotopic (exact) mass is 325 g/mol. The van der Waals surface area contributed by atoms with Gasteiger partial charge in [0.1, 0.15) is 0 Å². The van der Waals surface area contributed by atoms with Crippen LogP contribution in [-0.2, 0) is 9.59 Å². The molecular weight excluding hydrogens is 302 g/mol. The fourth-order valence-corrected chi connectivity index (χ4v) is 2.10. The third-order valence-corrected chi connectivity index (χ3v) is 3.37. The van der Waals surface area contributed by atoms with Crippen molar-refractivity contribution in [2.75, 3.05) is 18.4 Å². The Morgan fingerprint density at radius 3 is 2.50 bits per heavy atom. The Kier molecular flexibility index (Phi) is 7.91. The van der Waals surface area contributed by atoms with Gasteiger partial charge in [-0.3, -0.25) is 9.59 Å². The molecular formula is C16H24ClN3O2. The first-order valence-corrected chi connectivity index (χ1v) is 7.89. The van der Waals surface area contributed by atoms with Crippen LogP contribution in [0.5, 0.6) is 0 Å². The van der Waals surface area contributed by atoms with Gasteiger partial charge in [-0.25, -0.2) is 0 Å². The molecule has 0 heterocycles. The van der Waals surface area contributed by atoms with Crippen molar-refractivity contribution >= 4 is 29.1 Å². The number of anilines is 1. The standard InChI is InChI=1S/C16H24ClN3O2/c1-3-10-20(16(22)9-4-12(2)18)11-15(21)19-14-7-5-13(17)6-8-14/h5-8,12H,3-4,9-11,18H2,1-2H3,(H,19,21). The van der Waals surface area contributed by atoms with E-state index in [2.05, 4.69) is 5.32 Å². The largest absolute Gasteiger partial charge is 0.333 e. The second-order valence-corrected chi connectivity index (χ2v) is 5.82. The molecule has 0 aromatic heterocycles. The van der Waals surface area contributed by atoms with Gasteiger partial charge in [0, 0.05) is 29.7 Å². The lowest BCUT2D eigenvalue weighted by atomic mass is 10.2. The number of carbonyl (C=O) groups excluding carboxylic acids is 2. The number of hydrogen-bond donors (Lipinski definition) is 2. The molecule has 1 aromatic rings. The smallest absolute Gasteiger partial charge is 0.243 e. The van der Waals surface area contributed by atoms with Crippen molar-refractivity contribution in [2.24, 2.45) is 5.73 Å². The van der Waals surface area contributed by atoms with Gasteiger partial charge in [-0.15, -0.1) is 0 Å². The van der Waals surface area contributed by atoms with Crippen LogP contribution in [-0.4, -0.2) is 35.8 Å². The first-order valence-electron chi connectivity index (χ1n) is 7.51. The van der Waals surface area contributed by atoms with Crippen molar-refractivity contribution in [1.29, 1.82) is 0 Å². The summed E-state index contributed by atoms with van der Waals surface area (Å²) in [4.78, 5) is 25.8. The Balaban J connectivity index is 2.55. The maximum absolute atomic E-state index is 12.1. The molecule has 6 heteroatoms. The van der Waals surface area contributed by atoms with Crippen molar-refractivity contribution in [3.63, 3.8) is 0 Å². The zero-order chi connectivity index (χ0) is 16.5. The summed E-state index contributed by atoms with van der Waals surface area (Å²) in [5, 5.41) is 3.37. The fraction of sp³-hybridized carbons (Fsp3) is 0.500. The van der Waals surface area contributed by atoms with Gasteiger partial charge >= 0.3 is 0 Å². The van der Waals surface area contributed by atoms with E-state index in [0.717, 1.165) is 6.42 Å². The molecule has 0 saturated carbocycles. The fourth-order valence-electron chi connectivity index (χ4n) is 1.98. The van der Waals surface area contributed by atoms with Crippen LogP contribution in [0.4, 0.5) is 5.69 Å². The predicted molar refractivity (Wildman–Crippen MR) is 89.8 cm³/mol. The van der Waals surface area contributed by atoms with Crippen LogP contribution in [0.15, 0.2) is 24.3 Å². The van der Waals surface area contributed by atoms with Crippen LogP contribution in [0.1, 0.15) is 33.1 Å². The average molecular weight is 326 g/mol. The highest BCUT2D eigenvalue weighted by atomic mass is 35.5. The number of halogens is 1. The van der Waals surface area contributed by atoms with Crippen molar-refractivity contribution in [3.8, 4) is 0 Å². The Hall–Kier alpha value is -1.59. The second kappa shape index (κ2) is 9.43. The third kappa shape index (κ3) is 6.91. The predicted octanol–water partition coefficient (Wildman–Crippen LogP) is 2.64. The SMILES string of the molecule is CCCN(CC(=O)Nc1ccc(Cl)cc1)C(=O)CCC(C)N. The lowest BCUT2D eigenvalue weighted by Gasteiger charge is -2.22. The highest BCUT2D eigenvalue weighted by Crippen LogP contribution is 2.13. The van der Waals surface area contributed by atoms with Crippen LogP contribution in [0.3, 0.4) is 0 Å². The average Bonchev–Trinajstić information content (AvgIpc) is 2.46. The molecule has 0 fully saturated rings. The summed E-state index contributed by atoms with van der Waals surface area (Å²) in [6.07, 6.45) is 1.79. The minimum absolute atomic E-state index is 0.0182. The highest BCUT2D eigenvalue weighted by molar-refractivity contribution is 6.30. The summed E-state index contributed by atoms with van der Waals surface area (Å²) in [7, 11) is 0. The summed E-state index contributed by atoms with van der Waals surface area (Å²) < 4.78 is 0. The quantitative estimate of drug-likeness (QED) is 0.771.